The molecule has 0 saturated heterocycles. The first-order chi connectivity index (χ1) is 13.2. The second kappa shape index (κ2) is 7.80. The van der Waals surface area contributed by atoms with E-state index in [-0.39, 0.29) is 0 Å². The van der Waals surface area contributed by atoms with Gasteiger partial charge in [0.2, 0.25) is 0 Å². The van der Waals surface area contributed by atoms with Crippen LogP contribution >= 0.6 is 0 Å². The van der Waals surface area contributed by atoms with Gasteiger partial charge in [-0.25, -0.2) is 19.9 Å². The molecule has 0 aliphatic carbocycles. The van der Waals surface area contributed by atoms with E-state index in [0.717, 1.165) is 49.7 Å². The highest BCUT2D eigenvalue weighted by Crippen LogP contribution is 2.20. The second-order valence-corrected chi connectivity index (χ2v) is 6.90. The van der Waals surface area contributed by atoms with Crippen molar-refractivity contribution in [2.75, 3.05) is 25.0 Å². The van der Waals surface area contributed by atoms with Crippen LogP contribution in [0.15, 0.2) is 42.7 Å². The number of anilines is 1. The molecule has 0 bridgehead atoms. The molecule has 138 valence electrons. The number of nitrogens with zero attached hydrogens (tertiary/aromatic N) is 5. The molecule has 0 fully saturated rings. The van der Waals surface area contributed by atoms with Crippen LogP contribution in [0, 0.1) is 13.8 Å². The molecule has 27 heavy (non-hydrogen) atoms. The molecule has 4 rings (SSSR count). The van der Waals surface area contributed by atoms with Gasteiger partial charge in [0, 0.05) is 49.8 Å². The number of benzene rings is 1. The molecule has 1 aliphatic rings. The largest absolute Gasteiger partial charge is 0.368 e. The lowest BCUT2D eigenvalue weighted by atomic mass is 10.00. The average molecular weight is 360 g/mol. The molecule has 0 atom stereocenters. The quantitative estimate of drug-likeness (QED) is 0.754. The number of aryl methyl sites for hydroxylation is 1. The lowest BCUT2D eigenvalue weighted by Crippen LogP contribution is -2.34. The van der Waals surface area contributed by atoms with Crippen LogP contribution in [0.2, 0.25) is 0 Å². The summed E-state index contributed by atoms with van der Waals surface area (Å²) >= 11 is 0. The van der Waals surface area contributed by atoms with E-state index in [1.807, 2.05) is 13.8 Å². The average Bonchev–Trinajstić information content (AvgIpc) is 2.71. The van der Waals surface area contributed by atoms with Crippen LogP contribution in [0.4, 0.5) is 5.82 Å². The van der Waals surface area contributed by atoms with Crippen molar-refractivity contribution in [1.29, 1.82) is 0 Å². The lowest BCUT2D eigenvalue weighted by Gasteiger charge is -2.28. The molecule has 6 heteroatoms. The second-order valence-electron chi connectivity index (χ2n) is 6.90. The first-order valence-electron chi connectivity index (χ1n) is 9.36. The summed E-state index contributed by atoms with van der Waals surface area (Å²) in [4.78, 5) is 20.2. The summed E-state index contributed by atoms with van der Waals surface area (Å²) in [7, 11) is 0. The van der Waals surface area contributed by atoms with Gasteiger partial charge in [-0.15, -0.1) is 0 Å². The van der Waals surface area contributed by atoms with Gasteiger partial charge in [0.15, 0.2) is 11.6 Å². The van der Waals surface area contributed by atoms with Crippen molar-refractivity contribution in [3.63, 3.8) is 0 Å². The van der Waals surface area contributed by atoms with E-state index in [0.29, 0.717) is 11.6 Å². The number of fused-ring (bicyclic) bond motifs is 1. The van der Waals surface area contributed by atoms with Gasteiger partial charge in [0.25, 0.3) is 0 Å². The van der Waals surface area contributed by atoms with Crippen molar-refractivity contribution in [1.82, 2.24) is 24.8 Å². The molecule has 0 spiro atoms. The Bertz CT molecular complexity index is 925. The molecule has 0 unspecified atom stereocenters. The van der Waals surface area contributed by atoms with Crippen LogP contribution in [-0.2, 0) is 13.0 Å². The Morgan fingerprint density at radius 3 is 2.56 bits per heavy atom. The highest BCUT2D eigenvalue weighted by Gasteiger charge is 2.16. The Labute approximate surface area is 159 Å². The zero-order chi connectivity index (χ0) is 18.6. The van der Waals surface area contributed by atoms with E-state index in [2.05, 4.69) is 54.4 Å². The molecule has 1 aliphatic heterocycles. The Morgan fingerprint density at radius 2 is 1.74 bits per heavy atom. The fraction of sp³-hybridized carbons (Fsp3) is 0.333. The number of hydrogen-bond donors (Lipinski definition) is 1. The monoisotopic (exact) mass is 360 g/mol. The molecule has 6 nitrogen and oxygen atoms in total. The Hall–Kier alpha value is -2.86. The summed E-state index contributed by atoms with van der Waals surface area (Å²) in [5.74, 6) is 1.98. The molecule has 0 saturated carbocycles. The maximum atomic E-state index is 4.66. The zero-order valence-electron chi connectivity index (χ0n) is 15.8. The van der Waals surface area contributed by atoms with Gasteiger partial charge < -0.3 is 5.32 Å². The Kier molecular flexibility index (Phi) is 5.07. The zero-order valence-corrected chi connectivity index (χ0v) is 15.8. The highest BCUT2D eigenvalue weighted by molar-refractivity contribution is 5.53. The van der Waals surface area contributed by atoms with Crippen molar-refractivity contribution in [3.05, 3.63) is 65.1 Å². The number of hydrogen-bond acceptors (Lipinski definition) is 6. The van der Waals surface area contributed by atoms with Crippen LogP contribution in [0.25, 0.3) is 11.6 Å². The molecule has 3 aromatic rings. The maximum absolute atomic E-state index is 4.66. The van der Waals surface area contributed by atoms with E-state index in [9.17, 15) is 0 Å². The van der Waals surface area contributed by atoms with Gasteiger partial charge in [-0.3, -0.25) is 4.90 Å². The maximum Gasteiger partial charge on any atom is 0.199 e. The van der Waals surface area contributed by atoms with E-state index >= 15 is 0 Å². The third-order valence-electron chi connectivity index (χ3n) is 5.09. The summed E-state index contributed by atoms with van der Waals surface area (Å²) in [6.07, 6.45) is 4.54. The minimum Gasteiger partial charge on any atom is -0.368 e. The van der Waals surface area contributed by atoms with Gasteiger partial charge in [-0.1, -0.05) is 24.3 Å². The van der Waals surface area contributed by atoms with Gasteiger partial charge in [0.1, 0.15) is 5.82 Å². The number of nitrogens with one attached hydrogen (secondary N) is 1. The topological polar surface area (TPSA) is 66.8 Å². The number of rotatable bonds is 5. The Balaban J connectivity index is 1.42. The van der Waals surface area contributed by atoms with Crippen LogP contribution in [-0.4, -0.2) is 44.5 Å². The fourth-order valence-electron chi connectivity index (χ4n) is 3.39. The van der Waals surface area contributed by atoms with E-state index in [4.69, 9.17) is 0 Å². The lowest BCUT2D eigenvalue weighted by molar-refractivity contribution is 0.264. The third kappa shape index (κ3) is 3.95. The van der Waals surface area contributed by atoms with Gasteiger partial charge in [-0.2, -0.15) is 0 Å². The molecule has 3 heterocycles. The SMILES string of the molecule is Cc1nc(-c2ncccn2)nc(NCCN2CCc3ccccc3C2)c1C. The predicted octanol–water partition coefficient (Wildman–Crippen LogP) is 3.02. The van der Waals surface area contributed by atoms with Crippen molar-refractivity contribution in [3.8, 4) is 11.6 Å². The fourth-order valence-corrected chi connectivity index (χ4v) is 3.39. The van der Waals surface area contributed by atoms with Crippen LogP contribution in [0.5, 0.6) is 0 Å². The summed E-state index contributed by atoms with van der Waals surface area (Å²) in [6, 6.07) is 10.5. The smallest absolute Gasteiger partial charge is 0.199 e. The normalized spacial score (nSPS) is 14.0. The van der Waals surface area contributed by atoms with Crippen molar-refractivity contribution >= 4 is 5.82 Å². The predicted molar refractivity (Wildman–Crippen MR) is 106 cm³/mol. The highest BCUT2D eigenvalue weighted by atomic mass is 15.2. The van der Waals surface area contributed by atoms with Crippen molar-refractivity contribution in [2.45, 2.75) is 26.8 Å². The van der Waals surface area contributed by atoms with E-state index < -0.39 is 0 Å². The van der Waals surface area contributed by atoms with Crippen molar-refractivity contribution in [2.24, 2.45) is 0 Å². The van der Waals surface area contributed by atoms with E-state index in [1.54, 1.807) is 18.5 Å². The van der Waals surface area contributed by atoms with E-state index in [1.165, 1.54) is 11.1 Å². The van der Waals surface area contributed by atoms with Crippen molar-refractivity contribution < 1.29 is 0 Å². The summed E-state index contributed by atoms with van der Waals surface area (Å²) in [5.41, 5.74) is 4.94. The summed E-state index contributed by atoms with van der Waals surface area (Å²) in [5, 5.41) is 3.49. The molecule has 2 aromatic heterocycles. The molecule has 1 aromatic carbocycles. The first-order valence-corrected chi connectivity index (χ1v) is 9.36. The summed E-state index contributed by atoms with van der Waals surface area (Å²) < 4.78 is 0. The molecular formula is C21H24N6. The van der Waals surface area contributed by atoms with Gasteiger partial charge >= 0.3 is 0 Å². The third-order valence-corrected chi connectivity index (χ3v) is 5.09. The molecule has 0 radical (unpaired) electrons. The minimum atomic E-state index is 0.552. The van der Waals surface area contributed by atoms with Crippen LogP contribution in [0.3, 0.4) is 0 Å². The van der Waals surface area contributed by atoms with Crippen LogP contribution < -0.4 is 5.32 Å². The van der Waals surface area contributed by atoms with Gasteiger partial charge in [-0.05, 0) is 37.5 Å². The number of aromatic nitrogens is 4. The Morgan fingerprint density at radius 1 is 0.963 bits per heavy atom. The summed E-state index contributed by atoms with van der Waals surface area (Å²) in [6.45, 7) is 7.98. The van der Waals surface area contributed by atoms with Crippen LogP contribution in [0.1, 0.15) is 22.4 Å². The minimum absolute atomic E-state index is 0.552. The van der Waals surface area contributed by atoms with Gasteiger partial charge in [0.05, 0.1) is 0 Å². The first kappa shape index (κ1) is 17.5. The molecule has 1 N–H and O–H groups in total. The molecule has 0 amide bonds. The molecular weight excluding hydrogens is 336 g/mol. The standard InChI is InChI=1S/C21H24N6/c1-15-16(2)25-21(20-22-9-5-10-23-20)26-19(15)24-11-13-27-12-8-17-6-3-4-7-18(17)14-27/h3-7,9-10H,8,11-14H2,1-2H3,(H,24,25,26).